The highest BCUT2D eigenvalue weighted by atomic mass is 16.3. The van der Waals surface area contributed by atoms with Crippen molar-refractivity contribution in [1.82, 2.24) is 20.0 Å². The molecule has 3 rings (SSSR count). The average molecular weight is 535 g/mol. The number of rotatable bonds is 14. The summed E-state index contributed by atoms with van der Waals surface area (Å²) in [7, 11) is 0. The number of benzene rings is 1. The zero-order chi connectivity index (χ0) is 27.7. The van der Waals surface area contributed by atoms with Crippen LogP contribution in [0.1, 0.15) is 25.7 Å². The summed E-state index contributed by atoms with van der Waals surface area (Å²) in [6, 6.07) is 4.51. The normalized spacial score (nSPS) is 16.9. The number of amides is 4. The lowest BCUT2D eigenvalue weighted by molar-refractivity contribution is -0.160. The molecular formula is C24H38N8O6. The van der Waals surface area contributed by atoms with Crippen LogP contribution in [0.15, 0.2) is 24.3 Å². The van der Waals surface area contributed by atoms with Crippen molar-refractivity contribution in [3.8, 4) is 0 Å². The number of aliphatic hydroxyl groups is 2. The molecule has 38 heavy (non-hydrogen) atoms. The fourth-order valence-corrected chi connectivity index (χ4v) is 3.90. The van der Waals surface area contributed by atoms with Gasteiger partial charge in [0, 0.05) is 63.5 Å². The molecule has 0 aromatic heterocycles. The lowest BCUT2D eigenvalue weighted by Gasteiger charge is -2.41. The monoisotopic (exact) mass is 534 g/mol. The summed E-state index contributed by atoms with van der Waals surface area (Å²) in [6.45, 7) is 2.14. The van der Waals surface area contributed by atoms with Gasteiger partial charge in [0.15, 0.2) is 0 Å². The van der Waals surface area contributed by atoms with Gasteiger partial charge in [0.1, 0.15) is 12.1 Å². The van der Waals surface area contributed by atoms with Crippen LogP contribution in [0.4, 0.5) is 11.4 Å². The van der Waals surface area contributed by atoms with Gasteiger partial charge in [0.25, 0.3) is 11.8 Å². The van der Waals surface area contributed by atoms with E-state index < -0.39 is 37.1 Å². The van der Waals surface area contributed by atoms with E-state index >= 15 is 0 Å². The predicted octanol–water partition coefficient (Wildman–Crippen LogP) is -2.12. The zero-order valence-corrected chi connectivity index (χ0v) is 21.4. The topological polar surface area (TPSA) is 198 Å². The summed E-state index contributed by atoms with van der Waals surface area (Å²) in [5.41, 5.74) is 12.4. The van der Waals surface area contributed by atoms with E-state index in [-0.39, 0.29) is 37.7 Å². The number of nitrogens with one attached hydrogen (secondary N) is 2. The Hall–Kier alpha value is -3.14. The molecule has 2 aliphatic heterocycles. The number of hydrogen-bond donors (Lipinski definition) is 6. The summed E-state index contributed by atoms with van der Waals surface area (Å²) in [6.07, 6.45) is 1.98. The number of hydrogen-bond acceptors (Lipinski definition) is 10. The van der Waals surface area contributed by atoms with Crippen molar-refractivity contribution < 1.29 is 29.4 Å². The van der Waals surface area contributed by atoms with Crippen molar-refractivity contribution in [2.75, 3.05) is 63.1 Å². The molecule has 14 heteroatoms. The van der Waals surface area contributed by atoms with E-state index in [1.54, 1.807) is 24.3 Å². The summed E-state index contributed by atoms with van der Waals surface area (Å²) in [4.78, 5) is 49.7. The van der Waals surface area contributed by atoms with E-state index in [1.807, 2.05) is 10.0 Å². The van der Waals surface area contributed by atoms with E-state index in [0.29, 0.717) is 37.6 Å². The van der Waals surface area contributed by atoms with Gasteiger partial charge in [-0.2, -0.15) is 0 Å². The molecule has 0 aliphatic carbocycles. The van der Waals surface area contributed by atoms with Crippen molar-refractivity contribution in [2.24, 2.45) is 11.5 Å². The molecule has 4 amide bonds. The fourth-order valence-electron chi connectivity index (χ4n) is 3.90. The summed E-state index contributed by atoms with van der Waals surface area (Å²) >= 11 is 0. The molecule has 2 saturated heterocycles. The largest absolute Gasteiger partial charge is 0.394 e. The van der Waals surface area contributed by atoms with Crippen LogP contribution in [0.5, 0.6) is 0 Å². The lowest BCUT2D eigenvalue weighted by Crippen LogP contribution is -2.58. The van der Waals surface area contributed by atoms with Crippen molar-refractivity contribution in [2.45, 2.75) is 37.8 Å². The summed E-state index contributed by atoms with van der Waals surface area (Å²) in [5, 5.41) is 30.4. The van der Waals surface area contributed by atoms with Gasteiger partial charge in [-0.25, -0.2) is 10.0 Å². The van der Waals surface area contributed by atoms with Gasteiger partial charge >= 0.3 is 0 Å². The van der Waals surface area contributed by atoms with E-state index in [0.717, 1.165) is 12.8 Å². The summed E-state index contributed by atoms with van der Waals surface area (Å²) < 4.78 is 0. The number of hydrazine groups is 2. The maximum absolute atomic E-state index is 12.5. The van der Waals surface area contributed by atoms with Gasteiger partial charge < -0.3 is 32.3 Å². The van der Waals surface area contributed by atoms with Gasteiger partial charge in [-0.3, -0.25) is 29.2 Å². The number of carbonyl (C=O) groups is 4. The smallest absolute Gasteiger partial charge is 0.256 e. The van der Waals surface area contributed by atoms with Crippen molar-refractivity contribution in [3.05, 3.63) is 24.3 Å². The maximum atomic E-state index is 12.5. The molecule has 2 atom stereocenters. The second-order valence-electron chi connectivity index (χ2n) is 9.29. The molecule has 8 N–H and O–H groups in total. The highest BCUT2D eigenvalue weighted by Gasteiger charge is 2.30. The first kappa shape index (κ1) is 29.4. The third-order valence-corrected chi connectivity index (χ3v) is 6.44. The molecule has 2 fully saturated rings. The standard InChI is InChI=1S/C24H38N8O6/c25-19(15-33)23(37)31(29-9-1-10-29)13-7-21(35)27-17-3-5-18(6-4-17)28-22(36)8-14-32(30-11-2-12-30)24(38)20(26)16-34/h3-6,19-20,33-34H,1-2,7-16,25-26H2,(H,27,35)(H,28,36)/t19-,20-/m0/s1. The minimum Gasteiger partial charge on any atom is -0.394 e. The Labute approximate surface area is 221 Å². The minimum atomic E-state index is -1.03. The second-order valence-corrected chi connectivity index (χ2v) is 9.29. The summed E-state index contributed by atoms with van der Waals surface area (Å²) in [5.74, 6) is -1.44. The fraction of sp³-hybridized carbons (Fsp3) is 0.583. The van der Waals surface area contributed by atoms with Crippen molar-refractivity contribution in [3.63, 3.8) is 0 Å². The molecule has 0 unspecified atom stereocenters. The molecule has 1 aromatic carbocycles. The molecule has 0 bridgehead atoms. The van der Waals surface area contributed by atoms with E-state index in [2.05, 4.69) is 10.6 Å². The van der Waals surface area contributed by atoms with E-state index in [9.17, 15) is 29.4 Å². The van der Waals surface area contributed by atoms with Crippen LogP contribution < -0.4 is 22.1 Å². The SMILES string of the molecule is N[C@@H](CO)C(=O)N(CCC(=O)Nc1ccc(NC(=O)CCN(C(=O)[C@@H](N)CO)N2CCC2)cc1)N1CCC1. The van der Waals surface area contributed by atoms with Crippen LogP contribution >= 0.6 is 0 Å². The van der Waals surface area contributed by atoms with Crippen LogP contribution in [-0.2, 0) is 19.2 Å². The first-order valence-corrected chi connectivity index (χ1v) is 12.8. The predicted molar refractivity (Wildman–Crippen MR) is 139 cm³/mol. The molecular weight excluding hydrogens is 496 g/mol. The van der Waals surface area contributed by atoms with Gasteiger partial charge in [-0.15, -0.1) is 0 Å². The van der Waals surface area contributed by atoms with Crippen LogP contribution in [-0.4, -0.2) is 118 Å². The van der Waals surface area contributed by atoms with Crippen LogP contribution in [0.2, 0.25) is 0 Å². The first-order chi connectivity index (χ1) is 18.2. The third-order valence-electron chi connectivity index (χ3n) is 6.44. The quantitative estimate of drug-likeness (QED) is 0.153. The molecule has 210 valence electrons. The van der Waals surface area contributed by atoms with Gasteiger partial charge in [0.2, 0.25) is 11.8 Å². The number of aliphatic hydroxyl groups excluding tert-OH is 2. The zero-order valence-electron chi connectivity index (χ0n) is 21.4. The number of nitrogens with zero attached hydrogens (tertiary/aromatic N) is 4. The number of carbonyl (C=O) groups excluding carboxylic acids is 4. The van der Waals surface area contributed by atoms with E-state index in [4.69, 9.17) is 11.5 Å². The molecule has 14 nitrogen and oxygen atoms in total. The number of anilines is 2. The second kappa shape index (κ2) is 14.1. The maximum Gasteiger partial charge on any atom is 0.256 e. The Balaban J connectivity index is 1.45. The van der Waals surface area contributed by atoms with Crippen molar-refractivity contribution in [1.29, 1.82) is 0 Å². The molecule has 1 aromatic rings. The minimum absolute atomic E-state index is 0.0467. The lowest BCUT2D eigenvalue weighted by atomic mass is 10.2. The van der Waals surface area contributed by atoms with Crippen LogP contribution in [0.3, 0.4) is 0 Å². The van der Waals surface area contributed by atoms with Crippen LogP contribution in [0.25, 0.3) is 0 Å². The molecule has 0 saturated carbocycles. The molecule has 0 spiro atoms. The van der Waals surface area contributed by atoms with Gasteiger partial charge in [0.05, 0.1) is 13.2 Å². The molecule has 2 heterocycles. The van der Waals surface area contributed by atoms with Crippen LogP contribution in [0, 0.1) is 0 Å². The average Bonchev–Trinajstić information content (AvgIpc) is 2.85. The molecule has 2 aliphatic rings. The Morgan fingerprint density at radius 3 is 1.34 bits per heavy atom. The Kier molecular flexibility index (Phi) is 10.9. The Morgan fingerprint density at radius 1 is 0.737 bits per heavy atom. The number of nitrogens with two attached hydrogens (primary N) is 2. The van der Waals surface area contributed by atoms with Gasteiger partial charge in [-0.05, 0) is 37.1 Å². The third kappa shape index (κ3) is 7.93. The van der Waals surface area contributed by atoms with Gasteiger partial charge in [-0.1, -0.05) is 0 Å². The first-order valence-electron chi connectivity index (χ1n) is 12.8. The Morgan fingerprint density at radius 2 is 1.08 bits per heavy atom. The van der Waals surface area contributed by atoms with Crippen molar-refractivity contribution >= 4 is 35.0 Å². The highest BCUT2D eigenvalue weighted by molar-refractivity contribution is 5.93. The molecule has 0 radical (unpaired) electrons. The Bertz CT molecular complexity index is 892. The highest BCUT2D eigenvalue weighted by Crippen LogP contribution is 2.17. The van der Waals surface area contributed by atoms with E-state index in [1.165, 1.54) is 10.0 Å².